The van der Waals surface area contributed by atoms with Gasteiger partial charge in [0.1, 0.15) is 0 Å². The van der Waals surface area contributed by atoms with Crippen molar-refractivity contribution in [1.29, 1.82) is 0 Å². The maximum atomic E-state index is 5.54. The number of nitrogens with one attached hydrogen (secondary N) is 2. The van der Waals surface area contributed by atoms with Crippen molar-refractivity contribution < 1.29 is 4.74 Å². The summed E-state index contributed by atoms with van der Waals surface area (Å²) in [6.45, 7) is 8.30. The molecule has 114 valence electrons. The first-order valence-corrected chi connectivity index (χ1v) is 7.22. The van der Waals surface area contributed by atoms with E-state index in [1.54, 1.807) is 13.2 Å². The van der Waals surface area contributed by atoms with Crippen LogP contribution in [0.5, 0.6) is 0 Å². The lowest BCUT2D eigenvalue weighted by molar-refractivity contribution is 0.128. The number of hydrogen-bond donors (Lipinski definition) is 2. The molecule has 0 saturated heterocycles. The van der Waals surface area contributed by atoms with E-state index >= 15 is 0 Å². The van der Waals surface area contributed by atoms with Gasteiger partial charge in [-0.2, -0.15) is 5.10 Å². The van der Waals surface area contributed by atoms with Gasteiger partial charge in [-0.15, -0.1) is 0 Å². The molecule has 1 heterocycles. The second-order valence-corrected chi connectivity index (χ2v) is 4.99. The molecule has 0 unspecified atom stereocenters. The second kappa shape index (κ2) is 10.3. The standard InChI is InChI=1S/C14H27N5O/c1-13(2)5-11-20-12-8-17-14(15-3)16-7-10-19-9-4-6-18-19/h4,6,9,13H,5,7-8,10-12H2,1-3H3,(H2,15,16,17). The van der Waals surface area contributed by atoms with Gasteiger partial charge in [0.15, 0.2) is 5.96 Å². The molecule has 0 radical (unpaired) electrons. The number of aliphatic imine (C=N–C) groups is 1. The summed E-state index contributed by atoms with van der Waals surface area (Å²) in [5.41, 5.74) is 0. The first-order chi connectivity index (χ1) is 9.72. The van der Waals surface area contributed by atoms with E-state index in [-0.39, 0.29) is 0 Å². The van der Waals surface area contributed by atoms with E-state index in [0.717, 1.165) is 38.6 Å². The molecule has 0 bridgehead atoms. The third kappa shape index (κ3) is 7.78. The van der Waals surface area contributed by atoms with Crippen LogP contribution in [0.1, 0.15) is 20.3 Å². The number of aromatic nitrogens is 2. The van der Waals surface area contributed by atoms with Crippen LogP contribution in [0, 0.1) is 5.92 Å². The molecule has 1 aromatic heterocycles. The summed E-state index contributed by atoms with van der Waals surface area (Å²) < 4.78 is 7.43. The van der Waals surface area contributed by atoms with E-state index in [0.29, 0.717) is 12.5 Å². The highest BCUT2D eigenvalue weighted by Crippen LogP contribution is 1.98. The molecule has 0 aliphatic carbocycles. The Morgan fingerprint density at radius 3 is 2.75 bits per heavy atom. The third-order valence-electron chi connectivity index (χ3n) is 2.79. The Hall–Kier alpha value is -1.56. The van der Waals surface area contributed by atoms with E-state index in [9.17, 15) is 0 Å². The van der Waals surface area contributed by atoms with Crippen molar-refractivity contribution in [3.05, 3.63) is 18.5 Å². The second-order valence-electron chi connectivity index (χ2n) is 4.99. The van der Waals surface area contributed by atoms with Crippen LogP contribution in [0.25, 0.3) is 0 Å². The molecule has 0 fully saturated rings. The molecule has 20 heavy (non-hydrogen) atoms. The molecule has 2 N–H and O–H groups in total. The highest BCUT2D eigenvalue weighted by Gasteiger charge is 1.98. The van der Waals surface area contributed by atoms with Gasteiger partial charge in [-0.3, -0.25) is 9.67 Å². The van der Waals surface area contributed by atoms with Gasteiger partial charge >= 0.3 is 0 Å². The van der Waals surface area contributed by atoms with Gasteiger partial charge in [-0.25, -0.2) is 0 Å². The van der Waals surface area contributed by atoms with Crippen LogP contribution >= 0.6 is 0 Å². The predicted molar refractivity (Wildman–Crippen MR) is 81.9 cm³/mol. The Morgan fingerprint density at radius 2 is 2.10 bits per heavy atom. The fourth-order valence-electron chi connectivity index (χ4n) is 1.60. The van der Waals surface area contributed by atoms with Gasteiger partial charge < -0.3 is 15.4 Å². The Balaban J connectivity index is 2.02. The maximum absolute atomic E-state index is 5.54. The summed E-state index contributed by atoms with van der Waals surface area (Å²) in [4.78, 5) is 4.16. The Labute approximate surface area is 121 Å². The number of rotatable bonds is 9. The molecular formula is C14H27N5O. The summed E-state index contributed by atoms with van der Waals surface area (Å²) in [5, 5.41) is 10.6. The fourth-order valence-corrected chi connectivity index (χ4v) is 1.60. The molecule has 6 heteroatoms. The van der Waals surface area contributed by atoms with Gasteiger partial charge in [0.05, 0.1) is 13.2 Å². The smallest absolute Gasteiger partial charge is 0.191 e. The molecule has 0 aliphatic rings. The van der Waals surface area contributed by atoms with Gasteiger partial charge in [-0.05, 0) is 18.4 Å². The molecule has 0 aliphatic heterocycles. The van der Waals surface area contributed by atoms with Crippen LogP contribution in [-0.4, -0.2) is 49.1 Å². The van der Waals surface area contributed by atoms with Crippen LogP contribution in [0.4, 0.5) is 0 Å². The van der Waals surface area contributed by atoms with Crippen molar-refractivity contribution in [3.63, 3.8) is 0 Å². The minimum atomic E-state index is 0.694. The van der Waals surface area contributed by atoms with Crippen molar-refractivity contribution in [3.8, 4) is 0 Å². The maximum Gasteiger partial charge on any atom is 0.191 e. The lowest BCUT2D eigenvalue weighted by atomic mass is 10.1. The van der Waals surface area contributed by atoms with Crippen molar-refractivity contribution in [2.75, 3.05) is 33.4 Å². The van der Waals surface area contributed by atoms with Crippen LogP contribution in [-0.2, 0) is 11.3 Å². The first-order valence-electron chi connectivity index (χ1n) is 7.22. The largest absolute Gasteiger partial charge is 0.380 e. The first kappa shape index (κ1) is 16.5. The summed E-state index contributed by atoms with van der Waals surface area (Å²) in [7, 11) is 1.77. The number of guanidine groups is 1. The third-order valence-corrected chi connectivity index (χ3v) is 2.79. The van der Waals surface area contributed by atoms with Crippen molar-refractivity contribution in [2.24, 2.45) is 10.9 Å². The Bertz CT molecular complexity index is 362. The van der Waals surface area contributed by atoms with E-state index in [1.807, 2.05) is 16.9 Å². The molecule has 0 saturated carbocycles. The molecule has 1 rings (SSSR count). The minimum absolute atomic E-state index is 0.694. The van der Waals surface area contributed by atoms with Crippen molar-refractivity contribution >= 4 is 5.96 Å². The highest BCUT2D eigenvalue weighted by atomic mass is 16.5. The average Bonchev–Trinajstić information content (AvgIpc) is 2.93. The van der Waals surface area contributed by atoms with Gasteiger partial charge in [0.2, 0.25) is 0 Å². The lowest BCUT2D eigenvalue weighted by Gasteiger charge is -2.12. The normalized spacial score (nSPS) is 11.9. The van der Waals surface area contributed by atoms with Gasteiger partial charge in [-0.1, -0.05) is 13.8 Å². The van der Waals surface area contributed by atoms with Gasteiger partial charge in [0, 0.05) is 39.1 Å². The van der Waals surface area contributed by atoms with Crippen LogP contribution < -0.4 is 10.6 Å². The number of hydrogen-bond acceptors (Lipinski definition) is 3. The van der Waals surface area contributed by atoms with Gasteiger partial charge in [0.25, 0.3) is 0 Å². The van der Waals surface area contributed by atoms with E-state index in [2.05, 4.69) is 34.6 Å². The van der Waals surface area contributed by atoms with Crippen LogP contribution in [0.2, 0.25) is 0 Å². The van der Waals surface area contributed by atoms with Crippen molar-refractivity contribution in [2.45, 2.75) is 26.8 Å². The Morgan fingerprint density at radius 1 is 1.30 bits per heavy atom. The van der Waals surface area contributed by atoms with E-state index < -0.39 is 0 Å². The zero-order valence-corrected chi connectivity index (χ0v) is 12.8. The topological polar surface area (TPSA) is 63.5 Å². The predicted octanol–water partition coefficient (Wildman–Crippen LogP) is 1.11. The SMILES string of the molecule is CN=C(NCCOCCC(C)C)NCCn1cccn1. The molecule has 1 aromatic rings. The number of nitrogens with zero attached hydrogens (tertiary/aromatic N) is 3. The fraction of sp³-hybridized carbons (Fsp3) is 0.714. The lowest BCUT2D eigenvalue weighted by Crippen LogP contribution is -2.40. The number of ether oxygens (including phenoxy) is 1. The molecule has 0 atom stereocenters. The summed E-state index contributed by atoms with van der Waals surface area (Å²) in [5.74, 6) is 1.49. The molecule has 0 aromatic carbocycles. The Kier molecular flexibility index (Phi) is 8.46. The summed E-state index contributed by atoms with van der Waals surface area (Å²) in [6.07, 6.45) is 4.83. The van der Waals surface area contributed by atoms with Crippen molar-refractivity contribution in [1.82, 2.24) is 20.4 Å². The zero-order valence-electron chi connectivity index (χ0n) is 12.8. The summed E-state index contributed by atoms with van der Waals surface area (Å²) >= 11 is 0. The highest BCUT2D eigenvalue weighted by molar-refractivity contribution is 5.79. The summed E-state index contributed by atoms with van der Waals surface area (Å²) in [6, 6.07) is 1.92. The molecular weight excluding hydrogens is 254 g/mol. The molecule has 0 spiro atoms. The molecule has 0 amide bonds. The van der Waals surface area contributed by atoms with Crippen LogP contribution in [0.3, 0.4) is 0 Å². The molecule has 6 nitrogen and oxygen atoms in total. The van der Waals surface area contributed by atoms with E-state index in [1.165, 1.54) is 0 Å². The monoisotopic (exact) mass is 281 g/mol. The van der Waals surface area contributed by atoms with Crippen LogP contribution in [0.15, 0.2) is 23.5 Å². The minimum Gasteiger partial charge on any atom is -0.380 e. The quantitative estimate of drug-likeness (QED) is 0.404. The van der Waals surface area contributed by atoms with E-state index in [4.69, 9.17) is 4.74 Å². The average molecular weight is 281 g/mol. The zero-order chi connectivity index (χ0) is 14.6.